The van der Waals surface area contributed by atoms with Gasteiger partial charge in [0, 0.05) is 26.7 Å². The molecule has 1 fully saturated rings. The normalized spacial score (nSPS) is 15.1. The van der Waals surface area contributed by atoms with Crippen molar-refractivity contribution in [1.82, 2.24) is 14.5 Å². The third-order valence-corrected chi connectivity index (χ3v) is 8.35. The molecule has 0 radical (unpaired) electrons. The number of carbonyl (C=O) groups excluding carboxylic acids is 2. The number of hydrogen-bond acceptors (Lipinski definition) is 4. The quantitative estimate of drug-likeness (QED) is 0.543. The minimum absolute atomic E-state index is 0.121. The molecule has 8 nitrogen and oxygen atoms in total. The molecule has 1 atom stereocenters. The predicted octanol–water partition coefficient (Wildman–Crippen LogP) is 3.08. The van der Waals surface area contributed by atoms with Gasteiger partial charge in [0.25, 0.3) is 0 Å². The van der Waals surface area contributed by atoms with Crippen LogP contribution >= 0.6 is 0 Å². The molecule has 2 amide bonds. The maximum atomic E-state index is 13.7. The first kappa shape index (κ1) is 26.7. The summed E-state index contributed by atoms with van der Waals surface area (Å²) in [6.45, 7) is 3.44. The number of benzene rings is 2. The van der Waals surface area contributed by atoms with Gasteiger partial charge >= 0.3 is 10.2 Å². The third-order valence-electron chi connectivity index (χ3n) is 6.53. The Morgan fingerprint density at radius 1 is 1.00 bits per heavy atom. The summed E-state index contributed by atoms with van der Waals surface area (Å²) in [5.74, 6) is -0.669. The van der Waals surface area contributed by atoms with Crippen LogP contribution in [0.3, 0.4) is 0 Å². The van der Waals surface area contributed by atoms with Crippen molar-refractivity contribution in [3.05, 3.63) is 65.7 Å². The smallest absolute Gasteiger partial charge is 0.304 e. The van der Waals surface area contributed by atoms with Gasteiger partial charge < -0.3 is 10.2 Å². The van der Waals surface area contributed by atoms with Crippen LogP contribution in [0.5, 0.6) is 0 Å². The Morgan fingerprint density at radius 3 is 2.20 bits per heavy atom. The highest BCUT2D eigenvalue weighted by molar-refractivity contribution is 7.90. The highest BCUT2D eigenvalue weighted by Crippen LogP contribution is 2.22. The average molecular weight is 501 g/mol. The van der Waals surface area contributed by atoms with E-state index >= 15 is 0 Å². The van der Waals surface area contributed by atoms with Crippen LogP contribution in [-0.4, -0.2) is 62.2 Å². The zero-order valence-electron chi connectivity index (χ0n) is 21.0. The number of nitrogens with zero attached hydrogens (tertiary/aromatic N) is 3. The van der Waals surface area contributed by atoms with Crippen molar-refractivity contribution in [2.45, 2.75) is 58.2 Å². The third kappa shape index (κ3) is 6.61. The molecular weight excluding hydrogens is 464 g/mol. The number of nitrogens with one attached hydrogen (secondary N) is 1. The van der Waals surface area contributed by atoms with Gasteiger partial charge in [0.05, 0.1) is 5.69 Å². The molecule has 0 aliphatic heterocycles. The molecule has 1 N–H and O–H groups in total. The molecule has 0 aromatic heterocycles. The fraction of sp³-hybridized carbons (Fsp3) is 0.462. The summed E-state index contributed by atoms with van der Waals surface area (Å²) in [7, 11) is -1.09. The van der Waals surface area contributed by atoms with E-state index in [0.29, 0.717) is 5.69 Å². The Labute approximate surface area is 209 Å². The van der Waals surface area contributed by atoms with Crippen molar-refractivity contribution in [1.29, 1.82) is 0 Å². The summed E-state index contributed by atoms with van der Waals surface area (Å²) in [5.41, 5.74) is 2.28. The van der Waals surface area contributed by atoms with Crippen LogP contribution in [0.2, 0.25) is 0 Å². The van der Waals surface area contributed by atoms with Crippen molar-refractivity contribution in [2.24, 2.45) is 0 Å². The molecule has 0 saturated heterocycles. The molecule has 9 heteroatoms. The number of amides is 2. The van der Waals surface area contributed by atoms with Gasteiger partial charge in [0.15, 0.2) is 0 Å². The molecule has 0 bridgehead atoms. The van der Waals surface area contributed by atoms with Crippen molar-refractivity contribution >= 4 is 27.7 Å². The van der Waals surface area contributed by atoms with E-state index in [1.165, 1.54) is 19.0 Å². The highest BCUT2D eigenvalue weighted by Gasteiger charge is 2.33. The van der Waals surface area contributed by atoms with Crippen LogP contribution < -0.4 is 9.62 Å². The Balaban J connectivity index is 1.91. The van der Waals surface area contributed by atoms with E-state index in [4.69, 9.17) is 0 Å². The number of aryl methyl sites for hydroxylation is 1. The maximum Gasteiger partial charge on any atom is 0.304 e. The van der Waals surface area contributed by atoms with Crippen LogP contribution in [-0.2, 0) is 26.3 Å². The van der Waals surface area contributed by atoms with Gasteiger partial charge in [-0.15, -0.1) is 0 Å². The molecular formula is C26H36N4O4S. The minimum atomic E-state index is -3.95. The van der Waals surface area contributed by atoms with Crippen molar-refractivity contribution in [2.75, 3.05) is 24.9 Å². The van der Waals surface area contributed by atoms with Gasteiger partial charge in [-0.25, -0.2) is 4.31 Å². The van der Waals surface area contributed by atoms with Gasteiger partial charge in [-0.2, -0.15) is 12.7 Å². The second kappa shape index (κ2) is 11.7. The van der Waals surface area contributed by atoms with Crippen molar-refractivity contribution in [3.63, 3.8) is 0 Å². The monoisotopic (exact) mass is 500 g/mol. The summed E-state index contributed by atoms with van der Waals surface area (Å²) >= 11 is 0. The number of rotatable bonds is 10. The van der Waals surface area contributed by atoms with E-state index in [1.807, 2.05) is 31.2 Å². The van der Waals surface area contributed by atoms with E-state index in [-0.39, 0.29) is 18.5 Å². The second-order valence-electron chi connectivity index (χ2n) is 9.25. The summed E-state index contributed by atoms with van der Waals surface area (Å²) in [4.78, 5) is 28.3. The van der Waals surface area contributed by atoms with E-state index in [9.17, 15) is 18.0 Å². The first-order valence-electron chi connectivity index (χ1n) is 12.0. The molecule has 0 heterocycles. The molecule has 1 aliphatic rings. The van der Waals surface area contributed by atoms with Crippen LogP contribution in [0, 0.1) is 6.92 Å². The molecule has 0 unspecified atom stereocenters. The van der Waals surface area contributed by atoms with Gasteiger partial charge in [0.1, 0.15) is 12.6 Å². The maximum absolute atomic E-state index is 13.7. The Hall–Kier alpha value is -2.91. The summed E-state index contributed by atoms with van der Waals surface area (Å²) < 4.78 is 28.4. The topological polar surface area (TPSA) is 90.0 Å². The average Bonchev–Trinajstić information content (AvgIpc) is 3.34. The summed E-state index contributed by atoms with van der Waals surface area (Å²) in [5, 5.41) is 3.07. The van der Waals surface area contributed by atoms with Crippen LogP contribution in [0.4, 0.5) is 5.69 Å². The van der Waals surface area contributed by atoms with Gasteiger partial charge in [0.2, 0.25) is 11.8 Å². The van der Waals surface area contributed by atoms with Crippen molar-refractivity contribution in [3.8, 4) is 0 Å². The SMILES string of the molecule is Cc1ccccc1CN(C(=O)CN(c1ccccc1)S(=O)(=O)N(C)C)[C@H](C)C(=O)NC1CCCC1. The van der Waals surface area contributed by atoms with Gasteiger partial charge in [-0.1, -0.05) is 55.3 Å². The fourth-order valence-corrected chi connectivity index (χ4v) is 5.31. The molecule has 0 spiro atoms. The Kier molecular flexibility index (Phi) is 8.91. The van der Waals surface area contributed by atoms with E-state index in [0.717, 1.165) is 45.4 Å². The molecule has 2 aromatic carbocycles. The molecule has 1 saturated carbocycles. The van der Waals surface area contributed by atoms with Crippen molar-refractivity contribution < 1.29 is 18.0 Å². The Morgan fingerprint density at radius 2 is 1.60 bits per heavy atom. The molecule has 2 aromatic rings. The lowest BCUT2D eigenvalue weighted by molar-refractivity contribution is -0.139. The minimum Gasteiger partial charge on any atom is -0.352 e. The highest BCUT2D eigenvalue weighted by atomic mass is 32.2. The van der Waals surface area contributed by atoms with Crippen LogP contribution in [0.25, 0.3) is 0 Å². The molecule has 1 aliphatic carbocycles. The number of para-hydroxylation sites is 1. The lowest BCUT2D eigenvalue weighted by Gasteiger charge is -2.33. The number of hydrogen-bond donors (Lipinski definition) is 1. The standard InChI is InChI=1S/C26H36N4O4S/c1-20-12-8-9-13-22(20)18-29(21(2)26(32)27-23-14-10-11-15-23)25(31)19-30(35(33,34)28(3)4)24-16-6-5-7-17-24/h5-9,12-13,16-17,21,23H,10-11,14-15,18-19H2,1-4H3,(H,27,32)/t21-/m1/s1. The molecule has 190 valence electrons. The molecule has 3 rings (SSSR count). The van der Waals surface area contributed by atoms with Crippen LogP contribution in [0.15, 0.2) is 54.6 Å². The predicted molar refractivity (Wildman–Crippen MR) is 138 cm³/mol. The van der Waals surface area contributed by atoms with Gasteiger partial charge in [-0.3, -0.25) is 9.59 Å². The lowest BCUT2D eigenvalue weighted by Crippen LogP contribution is -2.53. The first-order valence-corrected chi connectivity index (χ1v) is 13.4. The number of anilines is 1. The largest absolute Gasteiger partial charge is 0.352 e. The summed E-state index contributed by atoms with van der Waals surface area (Å²) in [6.07, 6.45) is 4.04. The lowest BCUT2D eigenvalue weighted by atomic mass is 10.1. The Bertz CT molecular complexity index is 1120. The number of carbonyl (C=O) groups is 2. The second-order valence-corrected chi connectivity index (χ2v) is 11.3. The fourth-order valence-electron chi connectivity index (χ4n) is 4.26. The van der Waals surface area contributed by atoms with E-state index in [1.54, 1.807) is 37.3 Å². The first-order chi connectivity index (χ1) is 16.6. The molecule has 35 heavy (non-hydrogen) atoms. The summed E-state index contributed by atoms with van der Waals surface area (Å²) in [6, 6.07) is 15.6. The zero-order valence-corrected chi connectivity index (χ0v) is 21.8. The van der Waals surface area contributed by atoms with Crippen LogP contribution in [0.1, 0.15) is 43.7 Å². The zero-order chi connectivity index (χ0) is 25.6. The van der Waals surface area contributed by atoms with Gasteiger partial charge in [-0.05, 0) is 49.9 Å². The van der Waals surface area contributed by atoms with E-state index in [2.05, 4.69) is 5.32 Å². The van der Waals surface area contributed by atoms with E-state index < -0.39 is 28.7 Å².